The van der Waals surface area contributed by atoms with E-state index in [1.165, 1.54) is 0 Å². The van der Waals surface area contributed by atoms with Crippen molar-refractivity contribution >= 4 is 38.6 Å². The number of thiazole rings is 1. The Hall–Kier alpha value is -2.27. The van der Waals surface area contributed by atoms with Crippen LogP contribution in [0.5, 0.6) is 5.75 Å². The van der Waals surface area contributed by atoms with Crippen molar-refractivity contribution in [1.82, 2.24) is 4.98 Å². The molecule has 3 aromatic rings. The quantitative estimate of drug-likeness (QED) is 0.694. The molecule has 0 spiro atoms. The minimum atomic E-state index is 0.729. The van der Waals surface area contributed by atoms with Gasteiger partial charge in [0.25, 0.3) is 0 Å². The van der Waals surface area contributed by atoms with Crippen LogP contribution in [0.4, 0.5) is 17.1 Å². The van der Waals surface area contributed by atoms with Crippen molar-refractivity contribution in [2.24, 2.45) is 0 Å². The van der Waals surface area contributed by atoms with Crippen LogP contribution in [0.25, 0.3) is 10.2 Å². The van der Waals surface area contributed by atoms with E-state index in [0.717, 1.165) is 52.6 Å². The molecule has 106 valence electrons. The van der Waals surface area contributed by atoms with Gasteiger partial charge in [-0.1, -0.05) is 12.1 Å². The van der Waals surface area contributed by atoms with Gasteiger partial charge in [-0.15, -0.1) is 11.3 Å². The van der Waals surface area contributed by atoms with Crippen molar-refractivity contribution in [2.45, 2.75) is 6.42 Å². The van der Waals surface area contributed by atoms with Gasteiger partial charge in [-0.2, -0.15) is 0 Å². The number of fused-ring (bicyclic) bond motifs is 2. The van der Waals surface area contributed by atoms with Gasteiger partial charge in [0.05, 0.1) is 33.9 Å². The third-order valence-corrected chi connectivity index (χ3v) is 4.54. The second-order valence-electron chi connectivity index (χ2n) is 5.02. The molecule has 0 radical (unpaired) electrons. The molecule has 0 bridgehead atoms. The zero-order valence-electron chi connectivity index (χ0n) is 11.5. The highest BCUT2D eigenvalue weighted by Crippen LogP contribution is 2.40. The third kappa shape index (κ3) is 2.01. The molecule has 2 N–H and O–H groups in total. The summed E-state index contributed by atoms with van der Waals surface area (Å²) in [5.41, 5.74) is 11.9. The van der Waals surface area contributed by atoms with Crippen molar-refractivity contribution in [3.8, 4) is 5.75 Å². The molecule has 1 aromatic heterocycles. The molecule has 0 aliphatic carbocycles. The van der Waals surface area contributed by atoms with Gasteiger partial charge in [-0.05, 0) is 30.7 Å². The number of ether oxygens (including phenoxy) is 1. The molecule has 0 amide bonds. The molecule has 4 rings (SSSR count). The molecular formula is C16H15N3OS. The molecule has 0 unspecified atom stereocenters. The average molecular weight is 297 g/mol. The number of nitrogens with zero attached hydrogens (tertiary/aromatic N) is 2. The predicted molar refractivity (Wildman–Crippen MR) is 87.6 cm³/mol. The van der Waals surface area contributed by atoms with Gasteiger partial charge < -0.3 is 15.4 Å². The normalized spacial score (nSPS) is 14.6. The highest BCUT2D eigenvalue weighted by Gasteiger charge is 2.20. The van der Waals surface area contributed by atoms with Gasteiger partial charge >= 0.3 is 0 Å². The van der Waals surface area contributed by atoms with E-state index < -0.39 is 0 Å². The molecular weight excluding hydrogens is 282 g/mol. The minimum absolute atomic E-state index is 0.729. The van der Waals surface area contributed by atoms with E-state index in [1.54, 1.807) is 11.3 Å². The Bertz CT molecular complexity index is 799. The van der Waals surface area contributed by atoms with Crippen molar-refractivity contribution < 1.29 is 4.74 Å². The van der Waals surface area contributed by atoms with Crippen LogP contribution in [-0.2, 0) is 0 Å². The molecule has 0 saturated heterocycles. The van der Waals surface area contributed by atoms with E-state index in [-0.39, 0.29) is 0 Å². The predicted octanol–water partition coefficient (Wildman–Crippen LogP) is 3.80. The molecule has 2 aromatic carbocycles. The molecule has 21 heavy (non-hydrogen) atoms. The molecule has 1 aliphatic rings. The summed E-state index contributed by atoms with van der Waals surface area (Å²) in [6.07, 6.45) is 0.962. The summed E-state index contributed by atoms with van der Waals surface area (Å²) in [6.45, 7) is 1.61. The number of para-hydroxylation sites is 2. The first kappa shape index (κ1) is 12.5. The highest BCUT2D eigenvalue weighted by molar-refractivity contribution is 7.16. The van der Waals surface area contributed by atoms with E-state index >= 15 is 0 Å². The van der Waals surface area contributed by atoms with E-state index in [9.17, 15) is 0 Å². The van der Waals surface area contributed by atoms with Gasteiger partial charge in [0.15, 0.2) is 0 Å². The van der Waals surface area contributed by atoms with Crippen LogP contribution in [0, 0.1) is 0 Å². The van der Waals surface area contributed by atoms with E-state index in [0.29, 0.717) is 0 Å². The monoisotopic (exact) mass is 297 g/mol. The molecule has 1 aliphatic heterocycles. The minimum Gasteiger partial charge on any atom is -0.491 e. The molecule has 2 heterocycles. The molecule has 0 atom stereocenters. The standard InChI is InChI=1S/C16H15N3OS/c17-15-12(6-7-14-16(15)18-10-21-14)19-8-3-9-20-13-5-2-1-4-11(13)19/h1-2,4-7,10H,3,8-9,17H2. The van der Waals surface area contributed by atoms with E-state index in [2.05, 4.69) is 28.1 Å². The maximum absolute atomic E-state index is 6.36. The van der Waals surface area contributed by atoms with Crippen molar-refractivity contribution in [3.63, 3.8) is 0 Å². The number of rotatable bonds is 1. The lowest BCUT2D eigenvalue weighted by Crippen LogP contribution is -2.19. The largest absolute Gasteiger partial charge is 0.491 e. The first-order valence-electron chi connectivity index (χ1n) is 6.95. The van der Waals surface area contributed by atoms with Crippen molar-refractivity contribution in [2.75, 3.05) is 23.8 Å². The smallest absolute Gasteiger partial charge is 0.142 e. The van der Waals surface area contributed by atoms with Gasteiger partial charge in [-0.3, -0.25) is 0 Å². The fourth-order valence-electron chi connectivity index (χ4n) is 2.75. The second-order valence-corrected chi connectivity index (χ2v) is 5.91. The Kier molecular flexibility index (Phi) is 2.93. The fourth-order valence-corrected chi connectivity index (χ4v) is 3.45. The first-order chi connectivity index (χ1) is 10.3. The zero-order chi connectivity index (χ0) is 14.2. The Labute approximate surface area is 126 Å². The molecule has 5 heteroatoms. The van der Waals surface area contributed by atoms with Crippen LogP contribution in [-0.4, -0.2) is 18.1 Å². The van der Waals surface area contributed by atoms with E-state index in [4.69, 9.17) is 10.5 Å². The van der Waals surface area contributed by atoms with Gasteiger partial charge in [0.1, 0.15) is 11.3 Å². The van der Waals surface area contributed by atoms with Crippen LogP contribution in [0.15, 0.2) is 41.9 Å². The number of anilines is 3. The second kappa shape index (κ2) is 4.93. The Balaban J connectivity index is 1.89. The molecule has 0 fully saturated rings. The van der Waals surface area contributed by atoms with Crippen molar-refractivity contribution in [3.05, 3.63) is 41.9 Å². The van der Waals surface area contributed by atoms with Crippen LogP contribution in [0.2, 0.25) is 0 Å². The highest BCUT2D eigenvalue weighted by atomic mass is 32.1. The van der Waals surface area contributed by atoms with Crippen LogP contribution < -0.4 is 15.4 Å². The van der Waals surface area contributed by atoms with Crippen molar-refractivity contribution in [1.29, 1.82) is 0 Å². The van der Waals surface area contributed by atoms with E-state index in [1.807, 2.05) is 23.7 Å². The number of hydrogen-bond donors (Lipinski definition) is 1. The number of nitrogen functional groups attached to an aromatic ring is 1. The maximum Gasteiger partial charge on any atom is 0.142 e. The maximum atomic E-state index is 6.36. The summed E-state index contributed by atoms with van der Waals surface area (Å²) in [4.78, 5) is 6.62. The molecule has 0 saturated carbocycles. The Morgan fingerprint density at radius 1 is 1.14 bits per heavy atom. The zero-order valence-corrected chi connectivity index (χ0v) is 12.3. The summed E-state index contributed by atoms with van der Waals surface area (Å²) in [6, 6.07) is 12.3. The van der Waals surface area contributed by atoms with Gasteiger partial charge in [0, 0.05) is 6.54 Å². The number of hydrogen-bond acceptors (Lipinski definition) is 5. The Morgan fingerprint density at radius 3 is 3.00 bits per heavy atom. The summed E-state index contributed by atoms with van der Waals surface area (Å²) < 4.78 is 6.94. The lowest BCUT2D eigenvalue weighted by molar-refractivity contribution is 0.322. The van der Waals surface area contributed by atoms with Crippen LogP contribution in [0.3, 0.4) is 0 Å². The molecule has 4 nitrogen and oxygen atoms in total. The van der Waals surface area contributed by atoms with Crippen LogP contribution in [0.1, 0.15) is 6.42 Å². The summed E-state index contributed by atoms with van der Waals surface area (Å²) in [7, 11) is 0. The topological polar surface area (TPSA) is 51.4 Å². The number of benzene rings is 2. The average Bonchev–Trinajstić information content (AvgIpc) is 2.89. The Morgan fingerprint density at radius 2 is 2.05 bits per heavy atom. The lowest BCUT2D eigenvalue weighted by atomic mass is 10.2. The fraction of sp³-hybridized carbons (Fsp3) is 0.188. The van der Waals surface area contributed by atoms with Gasteiger partial charge in [-0.25, -0.2) is 4.98 Å². The SMILES string of the molecule is Nc1c(N2CCCOc3ccccc32)ccc2scnc12. The van der Waals surface area contributed by atoms with Gasteiger partial charge in [0.2, 0.25) is 0 Å². The third-order valence-electron chi connectivity index (χ3n) is 3.75. The summed E-state index contributed by atoms with van der Waals surface area (Å²) in [5.74, 6) is 0.910. The number of nitrogens with two attached hydrogens (primary N) is 1. The van der Waals surface area contributed by atoms with Crippen LogP contribution >= 0.6 is 11.3 Å². The number of aromatic nitrogens is 1. The lowest BCUT2D eigenvalue weighted by Gasteiger charge is -2.25. The first-order valence-corrected chi connectivity index (χ1v) is 7.83. The summed E-state index contributed by atoms with van der Waals surface area (Å²) >= 11 is 1.61. The summed E-state index contributed by atoms with van der Waals surface area (Å²) in [5, 5.41) is 0.